The Morgan fingerprint density at radius 3 is 0.880 bits per heavy atom. The molecule has 0 aromatic heterocycles. The second kappa shape index (κ2) is 36.5. The minimum atomic E-state index is -4.16. The average molecular weight is 734 g/mol. The monoisotopic (exact) mass is 734 g/mol. The highest BCUT2D eigenvalue weighted by Crippen LogP contribution is 2.24. The third-order valence-electron chi connectivity index (χ3n) is 10.1. The molecule has 0 amide bonds. The molecule has 0 aliphatic heterocycles. The molecule has 0 atom stereocenters. The Kier molecular flexibility index (Phi) is 37.4. The Balaban J connectivity index is 0. The molecule has 0 fully saturated rings. The first-order valence-electron chi connectivity index (χ1n) is 21.1. The molecule has 0 aromatic carbocycles. The van der Waals surface area contributed by atoms with Gasteiger partial charge in [0.05, 0.1) is 7.11 Å². The molecule has 9 heteroatoms. The van der Waals surface area contributed by atoms with Gasteiger partial charge in [-0.25, -0.2) is 0 Å². The normalized spacial score (nSPS) is 11.9. The molecule has 0 heterocycles. The average Bonchev–Trinajstić information content (AvgIpc) is 3.10. The fourth-order valence-electron chi connectivity index (χ4n) is 6.56. The van der Waals surface area contributed by atoms with Gasteiger partial charge in [0, 0.05) is 19.4 Å². The van der Waals surface area contributed by atoms with Gasteiger partial charge in [0.1, 0.15) is 0 Å². The molecule has 0 radical (unpaired) electrons. The van der Waals surface area contributed by atoms with E-state index in [9.17, 15) is 23.2 Å². The van der Waals surface area contributed by atoms with Crippen LogP contribution in [-0.2, 0) is 24.2 Å². The lowest BCUT2D eigenvalue weighted by molar-refractivity contribution is -0.183. The minimum Gasteiger partial charge on any atom is -0.313 e. The van der Waals surface area contributed by atoms with Gasteiger partial charge in [0.25, 0.3) is 0 Å². The second-order valence-corrected chi connectivity index (χ2v) is 15.8. The largest absolute Gasteiger partial charge is 0.397 e. The number of hydrogen-bond acceptors (Lipinski definition) is 7. The Labute approximate surface area is 310 Å². The van der Waals surface area contributed by atoms with Crippen molar-refractivity contribution in [1.82, 2.24) is 5.06 Å². The van der Waals surface area contributed by atoms with Gasteiger partial charge in [0.15, 0.2) is 17.1 Å². The smallest absolute Gasteiger partial charge is 0.313 e. The molecule has 0 rings (SSSR count). The van der Waals surface area contributed by atoms with Gasteiger partial charge < -0.3 is 5.21 Å². The summed E-state index contributed by atoms with van der Waals surface area (Å²) in [6.45, 7) is 8.29. The van der Waals surface area contributed by atoms with Crippen LogP contribution in [0.15, 0.2) is 0 Å². The van der Waals surface area contributed by atoms with Crippen LogP contribution >= 0.6 is 0 Å². The molecular weight excluding hydrogens is 651 g/mol. The predicted molar refractivity (Wildman–Crippen MR) is 210 cm³/mol. The van der Waals surface area contributed by atoms with Crippen molar-refractivity contribution in [1.29, 1.82) is 0 Å². The Bertz CT molecular complexity index is 819. The van der Waals surface area contributed by atoms with Crippen LogP contribution < -0.4 is 0 Å². The van der Waals surface area contributed by atoms with Crippen molar-refractivity contribution in [3.63, 3.8) is 0 Å². The topological polar surface area (TPSA) is 121 Å². The van der Waals surface area contributed by atoms with Gasteiger partial charge in [-0.1, -0.05) is 201 Å². The number of ketones is 2. The van der Waals surface area contributed by atoms with E-state index < -0.39 is 15.9 Å². The molecule has 0 aromatic rings. The van der Waals surface area contributed by atoms with Gasteiger partial charge >= 0.3 is 10.4 Å². The van der Waals surface area contributed by atoms with Crippen LogP contribution in [0.3, 0.4) is 0 Å². The van der Waals surface area contributed by atoms with E-state index in [2.05, 4.69) is 18.0 Å². The molecule has 300 valence electrons. The maximum atomic E-state index is 13.2. The van der Waals surface area contributed by atoms with Gasteiger partial charge in [0.2, 0.25) is 0 Å². The van der Waals surface area contributed by atoms with E-state index in [0.717, 1.165) is 50.7 Å². The van der Waals surface area contributed by atoms with E-state index in [4.69, 9.17) is 4.55 Å². The first-order valence-corrected chi connectivity index (χ1v) is 22.4. The quantitative estimate of drug-likeness (QED) is 0.0280. The summed E-state index contributed by atoms with van der Waals surface area (Å²) in [5.41, 5.74) is -1.39. The Morgan fingerprint density at radius 1 is 0.500 bits per heavy atom. The van der Waals surface area contributed by atoms with Crippen molar-refractivity contribution >= 4 is 22.0 Å². The van der Waals surface area contributed by atoms with Crippen molar-refractivity contribution in [2.45, 2.75) is 239 Å². The van der Waals surface area contributed by atoms with Crippen molar-refractivity contribution < 1.29 is 31.9 Å². The number of likely N-dealkylation sites (N-methyl/N-ethyl adjacent to an activating group) is 1. The van der Waals surface area contributed by atoms with Crippen molar-refractivity contribution in [3.8, 4) is 0 Å². The molecule has 2 N–H and O–H groups in total. The number of rotatable bonds is 37. The summed E-state index contributed by atoms with van der Waals surface area (Å²) in [4.78, 5) is 26.4. The van der Waals surface area contributed by atoms with Gasteiger partial charge in [-0.2, -0.15) is 13.5 Å². The highest BCUT2D eigenvalue weighted by molar-refractivity contribution is 7.80. The van der Waals surface area contributed by atoms with Crippen molar-refractivity contribution in [3.05, 3.63) is 0 Å². The standard InChI is InChI=1S/C40H79NO3.CH4O4S/c1-5-8-10-12-14-16-18-20-22-24-26-28-30-32-34-36-38(42)40(4,41(44)7-3)39(43)37-35-33-31-29-27-25-23-21-19-17-15-13-11-9-6-2;1-5-6(2,3)4/h44H,5-37H2,1-4H3;1H3,(H,2,3,4). The van der Waals surface area contributed by atoms with Crippen LogP contribution in [0.1, 0.15) is 233 Å². The Hall–Kier alpha value is -0.870. The van der Waals surface area contributed by atoms with Crippen LogP contribution in [0.2, 0.25) is 0 Å². The number of carbonyl (C=O) groups excluding carboxylic acids is 2. The number of nitrogens with zero attached hydrogens (tertiary/aromatic N) is 1. The van der Waals surface area contributed by atoms with Gasteiger partial charge in [-0.3, -0.25) is 18.3 Å². The van der Waals surface area contributed by atoms with E-state index in [1.54, 1.807) is 13.8 Å². The summed E-state index contributed by atoms with van der Waals surface area (Å²) < 4.78 is 29.7. The third kappa shape index (κ3) is 31.8. The molecule has 0 aliphatic carbocycles. The molecule has 0 saturated carbocycles. The zero-order valence-corrected chi connectivity index (χ0v) is 34.4. The lowest BCUT2D eigenvalue weighted by Crippen LogP contribution is -2.56. The zero-order chi connectivity index (χ0) is 37.8. The van der Waals surface area contributed by atoms with E-state index >= 15 is 0 Å². The molecule has 0 saturated heterocycles. The molecular formula is C41H83NO7S. The zero-order valence-electron chi connectivity index (χ0n) is 33.6. The van der Waals surface area contributed by atoms with E-state index in [-0.39, 0.29) is 18.1 Å². The fourth-order valence-corrected chi connectivity index (χ4v) is 6.56. The second-order valence-electron chi connectivity index (χ2n) is 14.6. The Morgan fingerprint density at radius 2 is 0.700 bits per heavy atom. The number of unbranched alkanes of at least 4 members (excludes halogenated alkanes) is 28. The maximum absolute atomic E-state index is 13.2. The number of carbonyl (C=O) groups is 2. The third-order valence-corrected chi connectivity index (χ3v) is 10.5. The molecule has 0 unspecified atom stereocenters. The van der Waals surface area contributed by atoms with Crippen LogP contribution in [-0.4, -0.2) is 54.0 Å². The highest BCUT2D eigenvalue weighted by Gasteiger charge is 2.44. The van der Waals surface area contributed by atoms with E-state index in [0.29, 0.717) is 12.8 Å². The fraction of sp³-hybridized carbons (Fsp3) is 0.951. The number of hydroxylamine groups is 2. The number of hydrogen-bond donors (Lipinski definition) is 2. The molecule has 50 heavy (non-hydrogen) atoms. The first kappa shape index (κ1) is 51.2. The summed E-state index contributed by atoms with van der Waals surface area (Å²) in [5, 5.41) is 11.6. The summed E-state index contributed by atoms with van der Waals surface area (Å²) in [6.07, 6.45) is 39.5. The van der Waals surface area contributed by atoms with Crippen LogP contribution in [0, 0.1) is 0 Å². The molecule has 0 bridgehead atoms. The maximum Gasteiger partial charge on any atom is 0.397 e. The van der Waals surface area contributed by atoms with Crippen molar-refractivity contribution in [2.24, 2.45) is 0 Å². The van der Waals surface area contributed by atoms with Crippen LogP contribution in [0.25, 0.3) is 0 Å². The summed E-state index contributed by atoms with van der Waals surface area (Å²) in [5.74, 6) is -0.218. The van der Waals surface area contributed by atoms with Gasteiger partial charge in [-0.15, -0.1) is 0 Å². The summed E-state index contributed by atoms with van der Waals surface area (Å²) in [7, 11) is -3.29. The van der Waals surface area contributed by atoms with Gasteiger partial charge in [-0.05, 0) is 19.8 Å². The lowest BCUT2D eigenvalue weighted by atomic mass is 9.85. The van der Waals surface area contributed by atoms with Crippen LogP contribution in [0.5, 0.6) is 0 Å². The summed E-state index contributed by atoms with van der Waals surface area (Å²) in [6, 6.07) is 0. The van der Waals surface area contributed by atoms with Crippen LogP contribution in [0.4, 0.5) is 0 Å². The van der Waals surface area contributed by atoms with Crippen molar-refractivity contribution in [2.75, 3.05) is 13.7 Å². The highest BCUT2D eigenvalue weighted by atomic mass is 32.3. The SMILES string of the molecule is CCCCCCCCCCCCCCCCCC(=O)C(C)(C(=O)CCCCCCCCCCCCCCCCC)N(O)CC.COS(=O)(=O)O. The van der Waals surface area contributed by atoms with E-state index in [1.165, 1.54) is 154 Å². The first-order chi connectivity index (χ1) is 24.0. The predicted octanol–water partition coefficient (Wildman–Crippen LogP) is 12.6. The number of Topliss-reactive ketones (excluding diaryl/α,β-unsaturated/α-hetero) is 2. The molecule has 0 aliphatic rings. The lowest BCUT2D eigenvalue weighted by Gasteiger charge is -2.33. The van der Waals surface area contributed by atoms with E-state index in [1.807, 2.05) is 0 Å². The molecule has 8 nitrogen and oxygen atoms in total. The molecule has 0 spiro atoms. The minimum absolute atomic E-state index is 0.109. The summed E-state index contributed by atoms with van der Waals surface area (Å²) >= 11 is 0.